The van der Waals surface area contributed by atoms with Crippen LogP contribution in [0.5, 0.6) is 0 Å². The zero-order chi connectivity index (χ0) is 17.0. The maximum Gasteiger partial charge on any atom is 4.00 e. The van der Waals surface area contributed by atoms with E-state index >= 15 is 0 Å². The van der Waals surface area contributed by atoms with Gasteiger partial charge >= 0.3 is 21.7 Å². The fraction of sp³-hybridized carbons (Fsp3) is 1.00. The molecule has 20 heavy (non-hydrogen) atoms. The van der Waals surface area contributed by atoms with E-state index in [1.807, 2.05) is 0 Å². The summed E-state index contributed by atoms with van der Waals surface area (Å²) in [5, 5.41) is 45.7. The molecule has 0 aliphatic heterocycles. The van der Waals surface area contributed by atoms with Crippen LogP contribution in [0.15, 0.2) is 0 Å². The molecule has 0 atom stereocenters. The Morgan fingerprint density at radius 2 is 0.600 bits per heavy atom. The van der Waals surface area contributed by atoms with Crippen LogP contribution in [-0.2, 0) is 21.7 Å². The zero-order valence-corrected chi connectivity index (χ0v) is 16.2. The van der Waals surface area contributed by atoms with Crippen molar-refractivity contribution in [3.63, 3.8) is 0 Å². The first-order valence-electron chi connectivity index (χ1n) is 6.58. The van der Waals surface area contributed by atoms with Gasteiger partial charge in [0.2, 0.25) is 0 Å². The van der Waals surface area contributed by atoms with Gasteiger partial charge in [0.1, 0.15) is 0 Å². The topological polar surface area (TPSA) is 112 Å². The molecule has 0 rings (SSSR count). The van der Waals surface area contributed by atoms with E-state index in [4.69, 9.17) is 5.11 Å². The third kappa shape index (κ3) is 21500. The van der Waals surface area contributed by atoms with Crippen molar-refractivity contribution in [2.24, 2.45) is 0 Å². The third-order valence-corrected chi connectivity index (χ3v) is 0. The second-order valence-electron chi connectivity index (χ2n) is 4.51. The molecular weight excluding hydrogens is 296 g/mol. The van der Waals surface area contributed by atoms with Crippen LogP contribution in [0.2, 0.25) is 0 Å². The summed E-state index contributed by atoms with van der Waals surface area (Å²) in [7, 11) is 0. The summed E-state index contributed by atoms with van der Waals surface area (Å²) < 4.78 is 0. The van der Waals surface area contributed by atoms with Gasteiger partial charge in [0.05, 0.1) is 0 Å². The number of aliphatic hydroxyl groups excluding tert-OH is 1. The Morgan fingerprint density at radius 3 is 0.600 bits per heavy atom. The van der Waals surface area contributed by atoms with Gasteiger partial charge in [-0.05, 0) is 6.92 Å². The average molecular weight is 330 g/mol. The smallest absolute Gasteiger partial charge is 0.852 e. The summed E-state index contributed by atoms with van der Waals surface area (Å²) in [6, 6.07) is 0. The van der Waals surface area contributed by atoms with Crippen molar-refractivity contribution >= 4 is 0 Å². The van der Waals surface area contributed by atoms with Gasteiger partial charge in [-0.15, -0.1) is 24.4 Å². The van der Waals surface area contributed by atoms with Gasteiger partial charge in [0.15, 0.2) is 0 Å². The maximum atomic E-state index is 9.53. The van der Waals surface area contributed by atoms with Crippen LogP contribution in [0.3, 0.4) is 0 Å². The molecule has 6 heteroatoms. The summed E-state index contributed by atoms with van der Waals surface area (Å²) in [5.74, 6) is 0. The summed E-state index contributed by atoms with van der Waals surface area (Å²) in [6.45, 7) is 14.8. The normalized spacial score (nSPS) is 8.10. The van der Waals surface area contributed by atoms with E-state index in [9.17, 15) is 20.4 Å². The molecule has 124 valence electrons. The molecule has 0 aliphatic rings. The minimum atomic E-state index is -0.417. The Bertz CT molecular complexity index is 74.7. The van der Waals surface area contributed by atoms with Gasteiger partial charge in [-0.25, -0.2) is 0 Å². The molecular formula is C14H34O5Ti. The van der Waals surface area contributed by atoms with Crippen LogP contribution in [0.4, 0.5) is 0 Å². The van der Waals surface area contributed by atoms with E-state index in [2.05, 4.69) is 0 Å². The summed E-state index contributed by atoms with van der Waals surface area (Å²) >= 11 is 0. The number of hydrogen-bond donors (Lipinski definition) is 1. The van der Waals surface area contributed by atoms with Crippen LogP contribution in [-0.4, -0.2) is 36.1 Å². The predicted octanol–water partition coefficient (Wildman–Crippen LogP) is -0.983. The Balaban J connectivity index is -0.0000000304. The van der Waals surface area contributed by atoms with Crippen LogP contribution in [0.1, 0.15) is 62.3 Å². The molecule has 1 N–H and O–H groups in total. The van der Waals surface area contributed by atoms with Crippen molar-refractivity contribution in [2.75, 3.05) is 6.61 Å². The van der Waals surface area contributed by atoms with Crippen LogP contribution >= 0.6 is 0 Å². The van der Waals surface area contributed by atoms with Gasteiger partial charge in [-0.3, -0.25) is 0 Å². The SMILES string of the molecule is CC(C)[O-].CC(C)[O-].CC(C)[O-].CC(C)[O-].CCO.[Ti+4]. The van der Waals surface area contributed by atoms with Gasteiger partial charge in [-0.2, -0.15) is 0 Å². The first kappa shape index (κ1) is 37.1. The largest absolute Gasteiger partial charge is 4.00 e. The molecule has 0 saturated carbocycles. The second kappa shape index (κ2) is 36.6. The van der Waals surface area contributed by atoms with E-state index in [1.54, 1.807) is 62.3 Å². The molecule has 0 heterocycles. The van der Waals surface area contributed by atoms with Crippen molar-refractivity contribution in [1.29, 1.82) is 0 Å². The molecule has 0 spiro atoms. The minimum absolute atomic E-state index is 0. The van der Waals surface area contributed by atoms with Crippen molar-refractivity contribution in [2.45, 2.75) is 86.7 Å². The van der Waals surface area contributed by atoms with Crippen LogP contribution in [0, 0.1) is 0 Å². The van der Waals surface area contributed by atoms with Crippen LogP contribution in [0.25, 0.3) is 0 Å². The third-order valence-electron chi connectivity index (χ3n) is 0. The number of rotatable bonds is 0. The molecule has 0 aromatic heterocycles. The Morgan fingerprint density at radius 1 is 0.600 bits per heavy atom. The van der Waals surface area contributed by atoms with Crippen molar-refractivity contribution in [1.82, 2.24) is 0 Å². The zero-order valence-electron chi connectivity index (χ0n) is 14.6. The first-order chi connectivity index (χ1) is 8.34. The number of hydrogen-bond acceptors (Lipinski definition) is 5. The van der Waals surface area contributed by atoms with E-state index in [1.165, 1.54) is 0 Å². The van der Waals surface area contributed by atoms with Gasteiger partial charge in [0, 0.05) is 6.61 Å². The summed E-state index contributed by atoms with van der Waals surface area (Å²) in [5.41, 5.74) is 0. The minimum Gasteiger partial charge on any atom is -0.852 e. The quantitative estimate of drug-likeness (QED) is 0.574. The van der Waals surface area contributed by atoms with Gasteiger partial charge in [-0.1, -0.05) is 55.4 Å². The van der Waals surface area contributed by atoms with Crippen molar-refractivity contribution in [3.8, 4) is 0 Å². The van der Waals surface area contributed by atoms with E-state index in [-0.39, 0.29) is 28.3 Å². The fourth-order valence-electron chi connectivity index (χ4n) is 0. The first-order valence-corrected chi connectivity index (χ1v) is 6.58. The monoisotopic (exact) mass is 330 g/mol. The van der Waals surface area contributed by atoms with Gasteiger partial charge in [0.25, 0.3) is 0 Å². The maximum absolute atomic E-state index is 9.53. The molecule has 0 unspecified atom stereocenters. The molecule has 5 nitrogen and oxygen atoms in total. The van der Waals surface area contributed by atoms with Gasteiger partial charge < -0.3 is 25.5 Å². The van der Waals surface area contributed by atoms with E-state index in [0.29, 0.717) is 0 Å². The van der Waals surface area contributed by atoms with Crippen molar-refractivity contribution < 1.29 is 47.3 Å². The molecule has 0 fully saturated rings. The fourth-order valence-corrected chi connectivity index (χ4v) is 0. The summed E-state index contributed by atoms with van der Waals surface area (Å²) in [6.07, 6.45) is -1.67. The Hall–Kier alpha value is 0.514. The van der Waals surface area contributed by atoms with E-state index < -0.39 is 24.4 Å². The second-order valence-corrected chi connectivity index (χ2v) is 4.51. The van der Waals surface area contributed by atoms with Crippen molar-refractivity contribution in [3.05, 3.63) is 0 Å². The molecule has 0 saturated heterocycles. The summed E-state index contributed by atoms with van der Waals surface area (Å²) in [4.78, 5) is 0. The Labute approximate surface area is 140 Å². The molecule has 0 aromatic carbocycles. The Kier molecular flexibility index (Phi) is 67.9. The van der Waals surface area contributed by atoms with E-state index in [0.717, 1.165) is 0 Å². The standard InChI is InChI=1S/4C3H7O.C2H6O.Ti/c4*1-3(2)4;1-2-3;/h4*3H,1-2H3;3H,2H2,1H3;/q4*-1;;+4. The van der Waals surface area contributed by atoms with Crippen LogP contribution < -0.4 is 20.4 Å². The molecule has 0 aliphatic carbocycles. The number of aliphatic hydroxyl groups is 1. The average Bonchev–Trinajstić information content (AvgIpc) is 1.97. The molecule has 0 bridgehead atoms. The molecule has 0 radical (unpaired) electrons. The predicted molar refractivity (Wildman–Crippen MR) is 73.3 cm³/mol. The molecule has 0 aromatic rings. The molecule has 0 amide bonds.